The summed E-state index contributed by atoms with van der Waals surface area (Å²) in [6, 6.07) is 19.9. The van der Waals surface area contributed by atoms with E-state index in [2.05, 4.69) is 5.32 Å². The third kappa shape index (κ3) is 3.65. The zero-order valence-corrected chi connectivity index (χ0v) is 14.1. The second kappa shape index (κ2) is 7.41. The maximum atomic E-state index is 12.4. The SMILES string of the molecule is COc1cc(/C=C(/C#N)C(=O)Nc2ccc3ccccc3c2)ccc1O. The summed E-state index contributed by atoms with van der Waals surface area (Å²) in [6.45, 7) is 0. The van der Waals surface area contributed by atoms with Crippen molar-refractivity contribution in [3.8, 4) is 17.6 Å². The molecule has 0 radical (unpaired) electrons. The molecule has 5 heteroatoms. The molecule has 5 nitrogen and oxygen atoms in total. The van der Waals surface area contributed by atoms with Crippen molar-refractivity contribution >= 4 is 28.4 Å². The van der Waals surface area contributed by atoms with Gasteiger partial charge in [-0.05, 0) is 46.7 Å². The summed E-state index contributed by atoms with van der Waals surface area (Å²) in [4.78, 5) is 12.4. The zero-order chi connectivity index (χ0) is 18.5. The molecule has 0 bridgehead atoms. The van der Waals surface area contributed by atoms with Crippen molar-refractivity contribution < 1.29 is 14.6 Å². The van der Waals surface area contributed by atoms with E-state index in [-0.39, 0.29) is 17.1 Å². The highest BCUT2D eigenvalue weighted by Crippen LogP contribution is 2.27. The van der Waals surface area contributed by atoms with Gasteiger partial charge < -0.3 is 15.2 Å². The molecule has 0 aliphatic rings. The van der Waals surface area contributed by atoms with Gasteiger partial charge in [0.05, 0.1) is 7.11 Å². The fourth-order valence-corrected chi connectivity index (χ4v) is 2.56. The van der Waals surface area contributed by atoms with Crippen LogP contribution in [-0.4, -0.2) is 18.1 Å². The number of nitriles is 1. The van der Waals surface area contributed by atoms with Crippen molar-refractivity contribution in [2.24, 2.45) is 0 Å². The number of carbonyl (C=O) groups is 1. The number of ether oxygens (including phenoxy) is 1. The lowest BCUT2D eigenvalue weighted by Gasteiger charge is -2.07. The molecule has 26 heavy (non-hydrogen) atoms. The molecule has 0 aliphatic heterocycles. The molecular formula is C21H16N2O3. The number of benzene rings is 3. The first-order valence-corrected chi connectivity index (χ1v) is 7.89. The fraction of sp³-hybridized carbons (Fsp3) is 0.0476. The molecule has 1 amide bonds. The highest BCUT2D eigenvalue weighted by Gasteiger charge is 2.11. The number of rotatable bonds is 4. The van der Waals surface area contributed by atoms with E-state index in [1.54, 1.807) is 18.2 Å². The minimum atomic E-state index is -0.505. The van der Waals surface area contributed by atoms with Crippen LogP contribution in [0.15, 0.2) is 66.2 Å². The van der Waals surface area contributed by atoms with Crippen LogP contribution in [0, 0.1) is 11.3 Å². The van der Waals surface area contributed by atoms with Crippen LogP contribution in [0.25, 0.3) is 16.8 Å². The number of hydrogen-bond acceptors (Lipinski definition) is 4. The molecule has 0 fully saturated rings. The third-order valence-electron chi connectivity index (χ3n) is 3.89. The van der Waals surface area contributed by atoms with E-state index in [0.29, 0.717) is 11.3 Å². The number of phenolic OH excluding ortho intramolecular Hbond substituents is 1. The molecule has 0 spiro atoms. The van der Waals surface area contributed by atoms with Crippen molar-refractivity contribution in [2.45, 2.75) is 0 Å². The molecule has 0 heterocycles. The normalized spacial score (nSPS) is 11.0. The van der Waals surface area contributed by atoms with Gasteiger partial charge in [-0.25, -0.2) is 0 Å². The molecule has 0 aliphatic carbocycles. The first-order valence-electron chi connectivity index (χ1n) is 7.89. The third-order valence-corrected chi connectivity index (χ3v) is 3.89. The van der Waals surface area contributed by atoms with Gasteiger partial charge in [0.2, 0.25) is 0 Å². The van der Waals surface area contributed by atoms with Gasteiger partial charge in [-0.15, -0.1) is 0 Å². The Labute approximate surface area is 150 Å². The lowest BCUT2D eigenvalue weighted by Crippen LogP contribution is -2.13. The summed E-state index contributed by atoms with van der Waals surface area (Å²) >= 11 is 0. The van der Waals surface area contributed by atoms with E-state index in [0.717, 1.165) is 10.8 Å². The molecule has 2 N–H and O–H groups in total. The molecular weight excluding hydrogens is 328 g/mol. The van der Waals surface area contributed by atoms with E-state index in [4.69, 9.17) is 4.74 Å². The van der Waals surface area contributed by atoms with Gasteiger partial charge in [-0.3, -0.25) is 4.79 Å². The number of methoxy groups -OCH3 is 1. The van der Waals surface area contributed by atoms with Crippen molar-refractivity contribution in [2.75, 3.05) is 12.4 Å². The number of anilines is 1. The topological polar surface area (TPSA) is 82.3 Å². The maximum Gasteiger partial charge on any atom is 0.266 e. The van der Waals surface area contributed by atoms with Crippen LogP contribution in [-0.2, 0) is 4.79 Å². The van der Waals surface area contributed by atoms with Crippen molar-refractivity contribution in [3.05, 3.63) is 71.8 Å². The number of hydrogen-bond donors (Lipinski definition) is 2. The molecule has 0 unspecified atom stereocenters. The number of amides is 1. The molecule has 0 atom stereocenters. The molecule has 3 aromatic rings. The highest BCUT2D eigenvalue weighted by atomic mass is 16.5. The highest BCUT2D eigenvalue weighted by molar-refractivity contribution is 6.10. The largest absolute Gasteiger partial charge is 0.504 e. The second-order valence-corrected chi connectivity index (χ2v) is 5.62. The van der Waals surface area contributed by atoms with Crippen molar-refractivity contribution in [3.63, 3.8) is 0 Å². The fourth-order valence-electron chi connectivity index (χ4n) is 2.56. The number of phenols is 1. The quantitative estimate of drug-likeness (QED) is 0.551. The van der Waals surface area contributed by atoms with Crippen LogP contribution in [0.1, 0.15) is 5.56 Å². The summed E-state index contributed by atoms with van der Waals surface area (Å²) in [6.07, 6.45) is 1.44. The van der Waals surface area contributed by atoms with Gasteiger partial charge in [0, 0.05) is 5.69 Å². The first-order chi connectivity index (χ1) is 12.6. The average molecular weight is 344 g/mol. The zero-order valence-electron chi connectivity index (χ0n) is 14.1. The van der Waals surface area contributed by atoms with E-state index >= 15 is 0 Å². The lowest BCUT2D eigenvalue weighted by molar-refractivity contribution is -0.112. The van der Waals surface area contributed by atoms with Gasteiger partial charge in [-0.2, -0.15) is 5.26 Å². The minimum Gasteiger partial charge on any atom is -0.504 e. The van der Waals surface area contributed by atoms with Gasteiger partial charge in [0.25, 0.3) is 5.91 Å². The van der Waals surface area contributed by atoms with E-state index in [1.807, 2.05) is 42.5 Å². The van der Waals surface area contributed by atoms with Gasteiger partial charge in [-0.1, -0.05) is 36.4 Å². The van der Waals surface area contributed by atoms with Gasteiger partial charge >= 0.3 is 0 Å². The maximum absolute atomic E-state index is 12.4. The summed E-state index contributed by atoms with van der Waals surface area (Å²) in [5.41, 5.74) is 1.13. The van der Waals surface area contributed by atoms with Crippen LogP contribution in [0.4, 0.5) is 5.69 Å². The molecule has 0 saturated heterocycles. The van der Waals surface area contributed by atoms with Crippen molar-refractivity contribution in [1.82, 2.24) is 0 Å². The Morgan fingerprint density at radius 2 is 1.88 bits per heavy atom. The standard InChI is InChI=1S/C21H16N2O3/c1-26-20-11-14(6-9-19(20)24)10-17(13-22)21(25)23-18-8-7-15-4-2-3-5-16(15)12-18/h2-12,24H,1H3,(H,23,25)/b17-10-. The molecule has 3 rings (SSSR count). The Kier molecular flexibility index (Phi) is 4.86. The van der Waals surface area contributed by atoms with Crippen LogP contribution in [0.3, 0.4) is 0 Å². The minimum absolute atomic E-state index is 0.0104. The Bertz CT molecular complexity index is 1050. The Hall–Kier alpha value is -3.78. The number of fused-ring (bicyclic) bond motifs is 1. The summed E-state index contributed by atoms with van der Waals surface area (Å²) in [7, 11) is 1.43. The second-order valence-electron chi connectivity index (χ2n) is 5.62. The number of nitrogens with zero attached hydrogens (tertiary/aromatic N) is 1. The summed E-state index contributed by atoms with van der Waals surface area (Å²) < 4.78 is 5.04. The van der Waals surface area contributed by atoms with Gasteiger partial charge in [0.15, 0.2) is 11.5 Å². The van der Waals surface area contributed by atoms with Crippen LogP contribution in [0.2, 0.25) is 0 Å². The first kappa shape index (κ1) is 17.1. The van der Waals surface area contributed by atoms with Crippen LogP contribution in [0.5, 0.6) is 11.5 Å². The average Bonchev–Trinajstić information content (AvgIpc) is 2.67. The van der Waals surface area contributed by atoms with E-state index in [1.165, 1.54) is 19.3 Å². The Morgan fingerprint density at radius 3 is 2.62 bits per heavy atom. The van der Waals surface area contributed by atoms with Crippen LogP contribution < -0.4 is 10.1 Å². The molecule has 128 valence electrons. The molecule has 0 saturated carbocycles. The van der Waals surface area contributed by atoms with E-state index in [9.17, 15) is 15.2 Å². The predicted molar refractivity (Wildman–Crippen MR) is 101 cm³/mol. The number of nitrogens with one attached hydrogen (secondary N) is 1. The lowest BCUT2D eigenvalue weighted by atomic mass is 10.1. The summed E-state index contributed by atoms with van der Waals surface area (Å²) in [5.74, 6) is -0.246. The monoisotopic (exact) mass is 344 g/mol. The summed E-state index contributed by atoms with van der Waals surface area (Å²) in [5, 5.41) is 23.8. The molecule has 0 aromatic heterocycles. The van der Waals surface area contributed by atoms with Crippen LogP contribution >= 0.6 is 0 Å². The Balaban J connectivity index is 1.85. The van der Waals surface area contributed by atoms with Gasteiger partial charge in [0.1, 0.15) is 11.6 Å². The predicted octanol–water partition coefficient (Wildman–Crippen LogP) is 4.10. The Morgan fingerprint density at radius 1 is 1.12 bits per heavy atom. The molecule has 3 aromatic carbocycles. The smallest absolute Gasteiger partial charge is 0.266 e. The number of carbonyl (C=O) groups excluding carboxylic acids is 1. The number of aromatic hydroxyl groups is 1. The van der Waals surface area contributed by atoms with Crippen molar-refractivity contribution in [1.29, 1.82) is 5.26 Å². The van der Waals surface area contributed by atoms with E-state index < -0.39 is 5.91 Å².